The number of hydrogen-bond donors (Lipinski definition) is 5. The number of rotatable bonds is 14. The van der Waals surface area contributed by atoms with Gasteiger partial charge in [0.15, 0.2) is 0 Å². The first kappa shape index (κ1) is 31.5. The standard InChI is InChI=1S/C26H40N3O8P/c1-18(30)27-23(17-20-10-12-21(13-11-20)38(35,36)37)25(32)28-22(26(33)34)14-15-24(31)29(2)16-6-9-19-7-4-3-5-8-19/h10-13,19,22-23H,3-9,14-17H2,1-2H3,(H,27,30)(H,28,32)(H,33,34)(H2,35,36,37). The van der Waals surface area contributed by atoms with Crippen molar-refractivity contribution in [3.05, 3.63) is 29.8 Å². The molecule has 1 fully saturated rings. The highest BCUT2D eigenvalue weighted by Gasteiger charge is 2.27. The third kappa shape index (κ3) is 10.9. The molecule has 0 heterocycles. The van der Waals surface area contributed by atoms with Gasteiger partial charge in [0, 0.05) is 33.4 Å². The van der Waals surface area contributed by atoms with Crippen LogP contribution in [0.3, 0.4) is 0 Å². The van der Waals surface area contributed by atoms with Crippen LogP contribution in [-0.2, 0) is 30.2 Å². The van der Waals surface area contributed by atoms with Crippen molar-refractivity contribution in [2.24, 2.45) is 5.92 Å². The summed E-state index contributed by atoms with van der Waals surface area (Å²) in [4.78, 5) is 69.0. The Bertz CT molecular complexity index is 1000. The zero-order valence-electron chi connectivity index (χ0n) is 22.1. The Morgan fingerprint density at radius 3 is 2.21 bits per heavy atom. The maximum atomic E-state index is 12.9. The number of carboxylic acids is 1. The maximum Gasteiger partial charge on any atom is 0.356 e. The molecule has 1 aromatic rings. The van der Waals surface area contributed by atoms with Crippen molar-refractivity contribution in [3.63, 3.8) is 0 Å². The lowest BCUT2D eigenvalue weighted by atomic mass is 9.86. The summed E-state index contributed by atoms with van der Waals surface area (Å²) in [6.07, 6.45) is 8.14. The number of amides is 3. The highest BCUT2D eigenvalue weighted by Crippen LogP contribution is 2.33. The lowest BCUT2D eigenvalue weighted by Crippen LogP contribution is -2.52. The van der Waals surface area contributed by atoms with Crippen molar-refractivity contribution in [2.45, 2.75) is 83.2 Å². The third-order valence-electron chi connectivity index (χ3n) is 6.92. The molecule has 2 rings (SSSR count). The number of nitrogens with zero attached hydrogens (tertiary/aromatic N) is 1. The Morgan fingerprint density at radius 1 is 1.03 bits per heavy atom. The molecule has 2 atom stereocenters. The van der Waals surface area contributed by atoms with Gasteiger partial charge in [0.2, 0.25) is 17.7 Å². The summed E-state index contributed by atoms with van der Waals surface area (Å²) >= 11 is 0. The van der Waals surface area contributed by atoms with Gasteiger partial charge in [-0.2, -0.15) is 0 Å². The molecule has 3 amide bonds. The van der Waals surface area contributed by atoms with Crippen LogP contribution in [0.5, 0.6) is 0 Å². The minimum absolute atomic E-state index is 0.0259. The molecule has 1 aliphatic rings. The average Bonchev–Trinajstić information content (AvgIpc) is 2.85. The van der Waals surface area contributed by atoms with Crippen LogP contribution in [-0.4, -0.2) is 69.2 Å². The average molecular weight is 554 g/mol. The maximum absolute atomic E-state index is 12.9. The molecule has 1 aromatic carbocycles. The normalized spacial score (nSPS) is 15.8. The molecule has 38 heavy (non-hydrogen) atoms. The molecule has 12 heteroatoms. The minimum atomic E-state index is -4.43. The van der Waals surface area contributed by atoms with Crippen molar-refractivity contribution in [3.8, 4) is 0 Å². The van der Waals surface area contributed by atoms with Gasteiger partial charge in [-0.25, -0.2) is 4.79 Å². The monoisotopic (exact) mass is 553 g/mol. The predicted octanol–water partition coefficient (Wildman–Crippen LogP) is 1.71. The number of carbonyl (C=O) groups excluding carboxylic acids is 3. The molecule has 0 saturated heterocycles. The van der Waals surface area contributed by atoms with E-state index in [1.807, 2.05) is 0 Å². The Balaban J connectivity index is 1.91. The summed E-state index contributed by atoms with van der Waals surface area (Å²) in [5.41, 5.74) is 0.507. The Hall–Kier alpha value is -2.75. The van der Waals surface area contributed by atoms with Crippen LogP contribution in [0.15, 0.2) is 24.3 Å². The van der Waals surface area contributed by atoms with Gasteiger partial charge >= 0.3 is 13.6 Å². The first-order valence-electron chi connectivity index (χ1n) is 13.1. The molecule has 11 nitrogen and oxygen atoms in total. The molecule has 1 aliphatic carbocycles. The van der Waals surface area contributed by atoms with Crippen LogP contribution >= 0.6 is 7.60 Å². The Morgan fingerprint density at radius 2 is 1.66 bits per heavy atom. The number of carboxylic acid groups (broad SMARTS) is 1. The zero-order chi connectivity index (χ0) is 28.3. The van der Waals surface area contributed by atoms with Gasteiger partial charge in [0.05, 0.1) is 5.30 Å². The van der Waals surface area contributed by atoms with Gasteiger partial charge in [-0.1, -0.05) is 44.2 Å². The van der Waals surface area contributed by atoms with E-state index in [1.165, 1.54) is 63.3 Å². The van der Waals surface area contributed by atoms with Gasteiger partial charge in [0.25, 0.3) is 0 Å². The van der Waals surface area contributed by atoms with Crippen molar-refractivity contribution in [1.29, 1.82) is 0 Å². The topological polar surface area (TPSA) is 173 Å². The quantitative estimate of drug-likeness (QED) is 0.217. The van der Waals surface area contributed by atoms with E-state index in [4.69, 9.17) is 0 Å². The van der Waals surface area contributed by atoms with Crippen LogP contribution in [0.1, 0.15) is 70.3 Å². The van der Waals surface area contributed by atoms with E-state index in [9.17, 15) is 38.6 Å². The van der Waals surface area contributed by atoms with Crippen LogP contribution in [0.2, 0.25) is 0 Å². The fourth-order valence-corrected chi connectivity index (χ4v) is 5.26. The number of hydrogen-bond acceptors (Lipinski definition) is 5. The second-order valence-electron chi connectivity index (χ2n) is 10.1. The van der Waals surface area contributed by atoms with Gasteiger partial charge in [-0.05, 0) is 42.9 Å². The van der Waals surface area contributed by atoms with Gasteiger partial charge in [-0.15, -0.1) is 0 Å². The molecule has 1 saturated carbocycles. The van der Waals surface area contributed by atoms with E-state index in [0.717, 1.165) is 18.8 Å². The number of aliphatic carboxylic acids is 1. The molecule has 2 unspecified atom stereocenters. The summed E-state index contributed by atoms with van der Waals surface area (Å²) in [6.45, 7) is 1.82. The summed E-state index contributed by atoms with van der Waals surface area (Å²) < 4.78 is 11.4. The first-order valence-corrected chi connectivity index (χ1v) is 14.7. The Kier molecular flexibility index (Phi) is 12.4. The predicted molar refractivity (Wildman–Crippen MR) is 142 cm³/mol. The fraction of sp³-hybridized carbons (Fsp3) is 0.615. The van der Waals surface area contributed by atoms with Gasteiger partial charge in [-0.3, -0.25) is 18.9 Å². The van der Waals surface area contributed by atoms with Crippen molar-refractivity contribution < 1.29 is 38.6 Å². The van der Waals surface area contributed by atoms with Crippen molar-refractivity contribution >= 4 is 36.6 Å². The molecule has 0 bridgehead atoms. The molecular weight excluding hydrogens is 513 g/mol. The number of nitrogens with one attached hydrogen (secondary N) is 2. The number of benzene rings is 1. The fourth-order valence-electron chi connectivity index (χ4n) is 4.72. The lowest BCUT2D eigenvalue weighted by molar-refractivity contribution is -0.142. The molecule has 0 spiro atoms. The van der Waals surface area contributed by atoms with E-state index < -0.39 is 37.5 Å². The van der Waals surface area contributed by atoms with Crippen LogP contribution in [0, 0.1) is 5.92 Å². The third-order valence-corrected chi connectivity index (χ3v) is 7.90. The summed E-state index contributed by atoms with van der Waals surface area (Å²) in [6, 6.07) is 2.87. The SMILES string of the molecule is CC(=O)NC(Cc1ccc(P(=O)(O)O)cc1)C(=O)NC(CCC(=O)N(C)CCCC1CCCCC1)C(=O)O. The molecular formula is C26H40N3O8P. The molecule has 5 N–H and O–H groups in total. The highest BCUT2D eigenvalue weighted by atomic mass is 31.2. The summed E-state index contributed by atoms with van der Waals surface area (Å²) in [5, 5.41) is 14.3. The van der Waals surface area contributed by atoms with Crippen LogP contribution in [0.4, 0.5) is 0 Å². The number of carbonyl (C=O) groups is 4. The highest BCUT2D eigenvalue weighted by molar-refractivity contribution is 7.60. The van der Waals surface area contributed by atoms with Gasteiger partial charge < -0.3 is 30.4 Å². The second-order valence-corrected chi connectivity index (χ2v) is 11.7. The van der Waals surface area contributed by atoms with Crippen LogP contribution < -0.4 is 15.9 Å². The smallest absolute Gasteiger partial charge is 0.356 e. The van der Waals surface area contributed by atoms with E-state index in [-0.39, 0.29) is 30.5 Å². The largest absolute Gasteiger partial charge is 0.480 e. The van der Waals surface area contributed by atoms with E-state index in [1.54, 1.807) is 11.9 Å². The van der Waals surface area contributed by atoms with E-state index >= 15 is 0 Å². The molecule has 212 valence electrons. The summed E-state index contributed by atoms with van der Waals surface area (Å²) in [5.74, 6) is -2.01. The van der Waals surface area contributed by atoms with Crippen molar-refractivity contribution in [1.82, 2.24) is 15.5 Å². The second kappa shape index (κ2) is 15.0. The van der Waals surface area contributed by atoms with Crippen LogP contribution in [0.25, 0.3) is 0 Å². The van der Waals surface area contributed by atoms with E-state index in [2.05, 4.69) is 10.6 Å². The molecule has 0 aromatic heterocycles. The lowest BCUT2D eigenvalue weighted by Gasteiger charge is -2.24. The minimum Gasteiger partial charge on any atom is -0.480 e. The zero-order valence-corrected chi connectivity index (χ0v) is 23.0. The molecule has 0 radical (unpaired) electrons. The van der Waals surface area contributed by atoms with E-state index in [0.29, 0.717) is 12.1 Å². The Labute approximate surface area is 223 Å². The first-order chi connectivity index (χ1) is 17.9. The molecule has 0 aliphatic heterocycles. The summed E-state index contributed by atoms with van der Waals surface area (Å²) in [7, 11) is -2.73. The van der Waals surface area contributed by atoms with Gasteiger partial charge in [0.1, 0.15) is 12.1 Å². The van der Waals surface area contributed by atoms with Crippen molar-refractivity contribution in [2.75, 3.05) is 13.6 Å².